The summed E-state index contributed by atoms with van der Waals surface area (Å²) in [6.07, 6.45) is -3.23. The minimum absolute atomic E-state index is 0.107. The molecule has 5 nitrogen and oxygen atoms in total. The highest BCUT2D eigenvalue weighted by Crippen LogP contribution is 2.37. The van der Waals surface area contributed by atoms with Gasteiger partial charge in [0, 0.05) is 7.05 Å². The number of hydrogen-bond donors (Lipinski definition) is 2. The molecule has 0 unspecified atom stereocenters. The Kier molecular flexibility index (Phi) is 4.15. The van der Waals surface area contributed by atoms with Crippen LogP contribution in [0.3, 0.4) is 0 Å². The van der Waals surface area contributed by atoms with Gasteiger partial charge in [-0.25, -0.2) is 9.97 Å². The van der Waals surface area contributed by atoms with Crippen LogP contribution in [-0.4, -0.2) is 24.1 Å². The van der Waals surface area contributed by atoms with Crippen molar-refractivity contribution in [2.45, 2.75) is 6.18 Å². The number of alkyl halides is 3. The van der Waals surface area contributed by atoms with Crippen LogP contribution in [-0.2, 0) is 6.18 Å². The third-order valence-corrected chi connectivity index (χ3v) is 2.73. The molecule has 0 amide bonds. The second kappa shape index (κ2) is 5.86. The van der Waals surface area contributed by atoms with E-state index < -0.39 is 11.7 Å². The van der Waals surface area contributed by atoms with Gasteiger partial charge in [-0.3, -0.25) is 0 Å². The van der Waals surface area contributed by atoms with Gasteiger partial charge in [-0.2, -0.15) is 13.2 Å². The van der Waals surface area contributed by atoms with E-state index >= 15 is 0 Å². The summed E-state index contributed by atoms with van der Waals surface area (Å²) < 4.78 is 44.0. The number of rotatable bonds is 4. The fourth-order valence-corrected chi connectivity index (χ4v) is 1.80. The summed E-state index contributed by atoms with van der Waals surface area (Å²) in [6.45, 7) is 0. The number of para-hydroxylation sites is 1. The van der Waals surface area contributed by atoms with Crippen molar-refractivity contribution in [2.24, 2.45) is 0 Å². The SMILES string of the molecule is CNc1ncnc(Nc2ccccc2C(F)(F)F)c1OC. The lowest BCUT2D eigenvalue weighted by molar-refractivity contribution is -0.136. The van der Waals surface area contributed by atoms with Gasteiger partial charge in [0.05, 0.1) is 18.4 Å². The van der Waals surface area contributed by atoms with Crippen molar-refractivity contribution in [2.75, 3.05) is 24.8 Å². The van der Waals surface area contributed by atoms with E-state index in [0.717, 1.165) is 6.07 Å². The molecule has 0 aliphatic rings. The molecular weight excluding hydrogens is 285 g/mol. The molecule has 0 saturated carbocycles. The molecule has 1 heterocycles. The molecular formula is C13H13F3N4O. The normalized spacial score (nSPS) is 11.1. The van der Waals surface area contributed by atoms with Crippen molar-refractivity contribution < 1.29 is 17.9 Å². The molecule has 0 aliphatic heterocycles. The molecule has 0 aliphatic carbocycles. The highest BCUT2D eigenvalue weighted by molar-refractivity contribution is 5.70. The molecule has 0 bridgehead atoms. The van der Waals surface area contributed by atoms with Crippen LogP contribution in [0.25, 0.3) is 0 Å². The molecule has 2 N–H and O–H groups in total. The van der Waals surface area contributed by atoms with E-state index in [4.69, 9.17) is 4.74 Å². The Bertz CT molecular complexity index is 631. The van der Waals surface area contributed by atoms with E-state index in [-0.39, 0.29) is 17.3 Å². The summed E-state index contributed by atoms with van der Waals surface area (Å²) >= 11 is 0. The van der Waals surface area contributed by atoms with Crippen molar-refractivity contribution in [1.82, 2.24) is 9.97 Å². The first kappa shape index (κ1) is 14.9. The molecule has 112 valence electrons. The van der Waals surface area contributed by atoms with Crippen molar-refractivity contribution >= 4 is 17.3 Å². The van der Waals surface area contributed by atoms with Crippen LogP contribution < -0.4 is 15.4 Å². The lowest BCUT2D eigenvalue weighted by atomic mass is 10.1. The van der Waals surface area contributed by atoms with Gasteiger partial charge in [0.1, 0.15) is 6.33 Å². The quantitative estimate of drug-likeness (QED) is 0.907. The Hall–Kier alpha value is -2.51. The fraction of sp³-hybridized carbons (Fsp3) is 0.231. The van der Waals surface area contributed by atoms with E-state index in [1.54, 1.807) is 7.05 Å². The predicted octanol–water partition coefficient (Wildman–Crippen LogP) is 3.29. The Labute approximate surface area is 119 Å². The zero-order valence-corrected chi connectivity index (χ0v) is 11.3. The van der Waals surface area contributed by atoms with Gasteiger partial charge in [-0.15, -0.1) is 0 Å². The monoisotopic (exact) mass is 298 g/mol. The molecule has 0 radical (unpaired) electrons. The first-order valence-corrected chi connectivity index (χ1v) is 5.97. The zero-order chi connectivity index (χ0) is 15.5. The molecule has 0 spiro atoms. The molecule has 2 rings (SSSR count). The number of ether oxygens (including phenoxy) is 1. The Morgan fingerprint density at radius 1 is 1.10 bits per heavy atom. The molecule has 0 saturated heterocycles. The largest absolute Gasteiger partial charge is 0.490 e. The maximum absolute atomic E-state index is 13.0. The smallest absolute Gasteiger partial charge is 0.418 e. The van der Waals surface area contributed by atoms with E-state index in [2.05, 4.69) is 20.6 Å². The number of aromatic nitrogens is 2. The molecule has 1 aromatic carbocycles. The fourth-order valence-electron chi connectivity index (χ4n) is 1.80. The number of hydrogen-bond acceptors (Lipinski definition) is 5. The van der Waals surface area contributed by atoms with Crippen LogP contribution in [0.1, 0.15) is 5.56 Å². The van der Waals surface area contributed by atoms with E-state index in [1.807, 2.05) is 0 Å². The summed E-state index contributed by atoms with van der Waals surface area (Å²) in [7, 11) is 3.01. The third kappa shape index (κ3) is 3.15. The van der Waals surface area contributed by atoms with Crippen molar-refractivity contribution in [3.05, 3.63) is 36.2 Å². The van der Waals surface area contributed by atoms with Crippen LogP contribution in [0.5, 0.6) is 5.75 Å². The van der Waals surface area contributed by atoms with Crippen LogP contribution in [0, 0.1) is 0 Å². The van der Waals surface area contributed by atoms with E-state index in [9.17, 15) is 13.2 Å². The van der Waals surface area contributed by atoms with Gasteiger partial charge in [0.15, 0.2) is 11.6 Å². The molecule has 8 heteroatoms. The standard InChI is InChI=1S/C13H13F3N4O/c1-17-11-10(21-2)12(19-7-18-11)20-9-6-4-3-5-8(9)13(14,15)16/h3-7H,1-2H3,(H2,17,18,19,20). The zero-order valence-electron chi connectivity index (χ0n) is 11.3. The predicted molar refractivity (Wildman–Crippen MR) is 72.9 cm³/mol. The molecule has 2 aromatic rings. The highest BCUT2D eigenvalue weighted by atomic mass is 19.4. The number of nitrogens with zero attached hydrogens (tertiary/aromatic N) is 2. The second-order valence-electron chi connectivity index (χ2n) is 4.02. The van der Waals surface area contributed by atoms with Gasteiger partial charge in [0.25, 0.3) is 0 Å². The lowest BCUT2D eigenvalue weighted by Crippen LogP contribution is -2.10. The molecule has 0 atom stereocenters. The average molecular weight is 298 g/mol. The second-order valence-corrected chi connectivity index (χ2v) is 4.02. The molecule has 0 fully saturated rings. The van der Waals surface area contributed by atoms with Crippen LogP contribution in [0.4, 0.5) is 30.5 Å². The van der Waals surface area contributed by atoms with Crippen molar-refractivity contribution in [1.29, 1.82) is 0 Å². The molecule has 21 heavy (non-hydrogen) atoms. The van der Waals surface area contributed by atoms with Crippen molar-refractivity contribution in [3.8, 4) is 5.75 Å². The van der Waals surface area contributed by atoms with Gasteiger partial charge in [-0.05, 0) is 12.1 Å². The third-order valence-electron chi connectivity index (χ3n) is 2.73. The van der Waals surface area contributed by atoms with Crippen LogP contribution in [0.15, 0.2) is 30.6 Å². The van der Waals surface area contributed by atoms with E-state index in [1.165, 1.54) is 31.6 Å². The first-order chi connectivity index (χ1) is 9.97. The van der Waals surface area contributed by atoms with E-state index in [0.29, 0.717) is 5.82 Å². The summed E-state index contributed by atoms with van der Waals surface area (Å²) in [5.41, 5.74) is -0.888. The number of anilines is 3. The summed E-state index contributed by atoms with van der Waals surface area (Å²) in [6, 6.07) is 5.15. The van der Waals surface area contributed by atoms with Crippen LogP contribution >= 0.6 is 0 Å². The number of methoxy groups -OCH3 is 1. The van der Waals surface area contributed by atoms with Crippen molar-refractivity contribution in [3.63, 3.8) is 0 Å². The first-order valence-electron chi connectivity index (χ1n) is 5.97. The van der Waals surface area contributed by atoms with Crippen LogP contribution in [0.2, 0.25) is 0 Å². The maximum atomic E-state index is 13.0. The highest BCUT2D eigenvalue weighted by Gasteiger charge is 2.33. The lowest BCUT2D eigenvalue weighted by Gasteiger charge is -2.16. The average Bonchev–Trinajstić information content (AvgIpc) is 2.46. The Balaban J connectivity index is 2.44. The van der Waals surface area contributed by atoms with Gasteiger partial charge < -0.3 is 15.4 Å². The van der Waals surface area contributed by atoms with Gasteiger partial charge in [-0.1, -0.05) is 12.1 Å². The maximum Gasteiger partial charge on any atom is 0.418 e. The number of halogens is 3. The summed E-state index contributed by atoms with van der Waals surface area (Å²) in [5, 5.41) is 5.42. The Morgan fingerprint density at radius 3 is 2.38 bits per heavy atom. The summed E-state index contributed by atoms with van der Waals surface area (Å²) in [5.74, 6) is 0.755. The summed E-state index contributed by atoms with van der Waals surface area (Å²) in [4.78, 5) is 7.85. The number of nitrogens with one attached hydrogen (secondary N) is 2. The minimum atomic E-state index is -4.46. The number of benzene rings is 1. The van der Waals surface area contributed by atoms with Gasteiger partial charge in [0.2, 0.25) is 5.75 Å². The van der Waals surface area contributed by atoms with Gasteiger partial charge >= 0.3 is 6.18 Å². The topological polar surface area (TPSA) is 59.1 Å². The minimum Gasteiger partial charge on any atom is -0.490 e. The molecule has 1 aromatic heterocycles. The Morgan fingerprint density at radius 2 is 1.76 bits per heavy atom.